The highest BCUT2D eigenvalue weighted by Crippen LogP contribution is 2.47. The van der Waals surface area contributed by atoms with Gasteiger partial charge in [0.05, 0.1) is 33.4 Å². The lowest BCUT2D eigenvalue weighted by Gasteiger charge is -2.34. The van der Waals surface area contributed by atoms with Crippen LogP contribution in [0.1, 0.15) is 44.6 Å². The van der Waals surface area contributed by atoms with Crippen LogP contribution in [0.15, 0.2) is 18.3 Å². The third kappa shape index (κ3) is 5.13. The molecule has 0 radical (unpaired) electrons. The third-order valence-corrected chi connectivity index (χ3v) is 9.86. The number of thiazole rings is 1. The molecule has 42 heavy (non-hydrogen) atoms. The average Bonchev–Trinajstić information content (AvgIpc) is 3.35. The zero-order valence-corrected chi connectivity index (χ0v) is 24.7. The van der Waals surface area contributed by atoms with Gasteiger partial charge in [0.25, 0.3) is 0 Å². The molecule has 0 bridgehead atoms. The maximum atomic E-state index is 15.0. The first-order chi connectivity index (χ1) is 20.5. The van der Waals surface area contributed by atoms with Gasteiger partial charge in [-0.05, 0) is 57.3 Å². The van der Waals surface area contributed by atoms with Crippen LogP contribution in [-0.2, 0) is 6.67 Å². The molecule has 0 spiro atoms. The first kappa shape index (κ1) is 27.6. The van der Waals surface area contributed by atoms with Gasteiger partial charge in [0.2, 0.25) is 0 Å². The first-order valence-electron chi connectivity index (χ1n) is 14.9. The van der Waals surface area contributed by atoms with Crippen LogP contribution in [0.2, 0.25) is 0 Å². The lowest BCUT2D eigenvalue weighted by Crippen LogP contribution is -2.50. The standard InChI is InChI=1S/C30H36F2N8OS/c1-2-18-15-40(12-9-34-18)27-21-14-35-23(19-5-6-22(32)26-25(19)36-28(33)42-26)20(13-31)24(21)37-29(38-27)41-17-30(7-8-30)16-39-10-3-4-11-39/h5-6,14,18,34H,2-4,7-13,15-17H2,1H3,(H2,33,36). The van der Waals surface area contributed by atoms with Crippen LogP contribution in [-0.4, -0.2) is 76.8 Å². The van der Waals surface area contributed by atoms with Crippen LogP contribution < -0.4 is 20.7 Å². The summed E-state index contributed by atoms with van der Waals surface area (Å²) in [6.45, 7) is 7.55. The average molecular weight is 595 g/mol. The van der Waals surface area contributed by atoms with E-state index in [-0.39, 0.29) is 16.6 Å². The van der Waals surface area contributed by atoms with Crippen molar-refractivity contribution in [2.24, 2.45) is 5.41 Å². The summed E-state index contributed by atoms with van der Waals surface area (Å²) in [4.78, 5) is 23.5. The number of alkyl halides is 1. The summed E-state index contributed by atoms with van der Waals surface area (Å²) in [6.07, 6.45) is 7.45. The summed E-state index contributed by atoms with van der Waals surface area (Å²) < 4.78 is 36.3. The number of fused-ring (bicyclic) bond motifs is 2. The van der Waals surface area contributed by atoms with E-state index in [0.717, 1.165) is 69.9 Å². The number of likely N-dealkylation sites (tertiary alicyclic amines) is 1. The molecule has 2 saturated heterocycles. The minimum atomic E-state index is -0.813. The summed E-state index contributed by atoms with van der Waals surface area (Å²) in [5.74, 6) is 0.285. The van der Waals surface area contributed by atoms with Gasteiger partial charge >= 0.3 is 6.01 Å². The minimum absolute atomic E-state index is 0.127. The Morgan fingerprint density at radius 3 is 2.74 bits per heavy atom. The number of nitrogen functional groups attached to an aromatic ring is 1. The quantitative estimate of drug-likeness (QED) is 0.279. The van der Waals surface area contributed by atoms with Crippen LogP contribution >= 0.6 is 11.3 Å². The number of hydrogen-bond donors (Lipinski definition) is 2. The molecule has 3 fully saturated rings. The van der Waals surface area contributed by atoms with Gasteiger partial charge in [0.1, 0.15) is 18.3 Å². The monoisotopic (exact) mass is 594 g/mol. The number of nitrogens with zero attached hydrogens (tertiary/aromatic N) is 6. The Balaban J connectivity index is 1.31. The van der Waals surface area contributed by atoms with E-state index in [0.29, 0.717) is 56.4 Å². The van der Waals surface area contributed by atoms with Crippen molar-refractivity contribution in [1.82, 2.24) is 30.2 Å². The van der Waals surface area contributed by atoms with Crippen LogP contribution in [0.4, 0.5) is 19.7 Å². The lowest BCUT2D eigenvalue weighted by molar-refractivity contribution is 0.170. The molecule has 2 aliphatic heterocycles. The van der Waals surface area contributed by atoms with E-state index < -0.39 is 12.5 Å². The van der Waals surface area contributed by atoms with Crippen LogP contribution in [0.5, 0.6) is 6.01 Å². The van der Waals surface area contributed by atoms with Crippen LogP contribution in [0.25, 0.3) is 32.4 Å². The number of aromatic nitrogens is 4. The van der Waals surface area contributed by atoms with Gasteiger partial charge in [0, 0.05) is 55.0 Å². The molecule has 3 N–H and O–H groups in total. The van der Waals surface area contributed by atoms with Gasteiger partial charge < -0.3 is 25.6 Å². The zero-order chi connectivity index (χ0) is 28.8. The molecule has 222 valence electrons. The van der Waals surface area contributed by atoms with Gasteiger partial charge in [-0.25, -0.2) is 13.8 Å². The molecule has 12 heteroatoms. The van der Waals surface area contributed by atoms with E-state index in [4.69, 9.17) is 25.4 Å². The Labute approximate surface area is 247 Å². The summed E-state index contributed by atoms with van der Waals surface area (Å²) in [7, 11) is 0. The fourth-order valence-electron chi connectivity index (χ4n) is 6.40. The van der Waals surface area contributed by atoms with E-state index in [1.807, 2.05) is 0 Å². The number of ether oxygens (including phenoxy) is 1. The fourth-order valence-corrected chi connectivity index (χ4v) is 7.17. The molecule has 1 aliphatic carbocycles. The molecule has 5 heterocycles. The number of benzene rings is 1. The molecule has 1 aromatic carbocycles. The van der Waals surface area contributed by atoms with Crippen molar-refractivity contribution >= 4 is 43.4 Å². The number of piperazine rings is 1. The molecule has 3 aliphatic rings. The van der Waals surface area contributed by atoms with E-state index in [2.05, 4.69) is 27.0 Å². The van der Waals surface area contributed by atoms with Gasteiger partial charge in [-0.15, -0.1) is 0 Å². The highest BCUT2D eigenvalue weighted by atomic mass is 32.1. The highest BCUT2D eigenvalue weighted by molar-refractivity contribution is 7.22. The molecule has 9 nitrogen and oxygen atoms in total. The van der Waals surface area contributed by atoms with Crippen LogP contribution in [0.3, 0.4) is 0 Å². The Morgan fingerprint density at radius 2 is 1.98 bits per heavy atom. The fraction of sp³-hybridized carbons (Fsp3) is 0.533. The number of hydrogen-bond acceptors (Lipinski definition) is 10. The summed E-state index contributed by atoms with van der Waals surface area (Å²) >= 11 is 1.06. The predicted molar refractivity (Wildman–Crippen MR) is 162 cm³/mol. The Bertz CT molecular complexity index is 1620. The number of nitrogens with two attached hydrogens (primary N) is 1. The maximum Gasteiger partial charge on any atom is 0.318 e. The maximum absolute atomic E-state index is 15.0. The van der Waals surface area contributed by atoms with Gasteiger partial charge in [-0.3, -0.25) is 4.98 Å². The summed E-state index contributed by atoms with van der Waals surface area (Å²) in [5.41, 5.74) is 8.09. The minimum Gasteiger partial charge on any atom is -0.463 e. The van der Waals surface area contributed by atoms with Crippen molar-refractivity contribution in [2.75, 3.05) is 56.5 Å². The van der Waals surface area contributed by atoms with Gasteiger partial charge in [0.15, 0.2) is 5.13 Å². The molecular weight excluding hydrogens is 558 g/mol. The largest absolute Gasteiger partial charge is 0.463 e. The SMILES string of the molecule is CCC1CN(c2nc(OCC3(CN4CCCC4)CC3)nc3c(CF)c(-c4ccc(F)c5sc(N)nc45)ncc23)CCN1. The molecule has 7 rings (SSSR count). The summed E-state index contributed by atoms with van der Waals surface area (Å²) in [6, 6.07) is 3.51. The first-order valence-corrected chi connectivity index (χ1v) is 15.7. The number of pyridine rings is 1. The van der Waals surface area contributed by atoms with Crippen molar-refractivity contribution in [1.29, 1.82) is 0 Å². The van der Waals surface area contributed by atoms with E-state index in [1.54, 1.807) is 12.3 Å². The highest BCUT2D eigenvalue weighted by Gasteiger charge is 2.45. The zero-order valence-electron chi connectivity index (χ0n) is 23.8. The smallest absolute Gasteiger partial charge is 0.318 e. The number of halogens is 2. The van der Waals surface area contributed by atoms with E-state index in [1.165, 1.54) is 18.9 Å². The number of anilines is 2. The van der Waals surface area contributed by atoms with Crippen molar-refractivity contribution in [2.45, 2.75) is 51.7 Å². The lowest BCUT2D eigenvalue weighted by atomic mass is 10.0. The van der Waals surface area contributed by atoms with Gasteiger partial charge in [-0.2, -0.15) is 9.97 Å². The number of nitrogens with one attached hydrogen (secondary N) is 1. The van der Waals surface area contributed by atoms with E-state index >= 15 is 4.39 Å². The van der Waals surface area contributed by atoms with Crippen molar-refractivity contribution in [3.05, 3.63) is 29.7 Å². The second-order valence-corrected chi connectivity index (χ2v) is 12.9. The molecule has 1 saturated carbocycles. The Kier molecular flexibility index (Phi) is 7.31. The second-order valence-electron chi connectivity index (χ2n) is 11.9. The Hall–Kier alpha value is -3.22. The molecule has 3 aromatic heterocycles. The van der Waals surface area contributed by atoms with Crippen LogP contribution in [0, 0.1) is 11.2 Å². The molecule has 4 aromatic rings. The van der Waals surface area contributed by atoms with Crippen molar-refractivity contribution in [3.63, 3.8) is 0 Å². The number of rotatable bonds is 9. The predicted octanol–water partition coefficient (Wildman–Crippen LogP) is 4.94. The molecular formula is C30H36F2N8OS. The van der Waals surface area contributed by atoms with Gasteiger partial charge in [-0.1, -0.05) is 18.3 Å². The molecule has 1 unspecified atom stereocenters. The topological polar surface area (TPSA) is 105 Å². The Morgan fingerprint density at radius 1 is 1.14 bits per heavy atom. The second kappa shape index (κ2) is 11.1. The third-order valence-electron chi connectivity index (χ3n) is 8.97. The van der Waals surface area contributed by atoms with E-state index in [9.17, 15) is 4.39 Å². The van der Waals surface area contributed by atoms with Crippen molar-refractivity contribution in [3.8, 4) is 17.3 Å². The van der Waals surface area contributed by atoms with Crippen molar-refractivity contribution < 1.29 is 13.5 Å². The normalized spacial score (nSPS) is 20.5. The molecule has 1 atom stereocenters. The molecule has 0 amide bonds. The summed E-state index contributed by atoms with van der Waals surface area (Å²) in [5, 5.41) is 4.47.